The van der Waals surface area contributed by atoms with E-state index in [1.807, 2.05) is 0 Å². The van der Waals surface area contributed by atoms with Crippen molar-refractivity contribution in [2.45, 2.75) is 84.3 Å². The molecule has 0 aromatic rings. The fraction of sp³-hybridized carbons (Fsp3) is 1.00. The molecule has 0 amide bonds. The maximum atomic E-state index is 5.69. The van der Waals surface area contributed by atoms with Gasteiger partial charge in [-0.1, -0.05) is 19.8 Å². The van der Waals surface area contributed by atoms with Crippen LogP contribution in [0.1, 0.15) is 72.6 Å². The number of hydrogen-bond donors (Lipinski definition) is 1. The molecular weight excluding hydrogens is 222 g/mol. The fourth-order valence-electron chi connectivity index (χ4n) is 2.71. The third-order valence-corrected chi connectivity index (χ3v) is 3.78. The van der Waals surface area contributed by atoms with Crippen LogP contribution in [0, 0.1) is 5.92 Å². The molecule has 0 spiro atoms. The van der Waals surface area contributed by atoms with Crippen LogP contribution in [-0.4, -0.2) is 24.8 Å². The van der Waals surface area contributed by atoms with E-state index in [4.69, 9.17) is 4.74 Å². The van der Waals surface area contributed by atoms with Crippen LogP contribution in [0.15, 0.2) is 0 Å². The van der Waals surface area contributed by atoms with Crippen molar-refractivity contribution in [2.24, 2.45) is 5.92 Å². The van der Waals surface area contributed by atoms with E-state index in [1.54, 1.807) is 0 Å². The Kier molecular flexibility index (Phi) is 7.25. The lowest BCUT2D eigenvalue weighted by Gasteiger charge is -2.25. The van der Waals surface area contributed by atoms with Gasteiger partial charge in [0.15, 0.2) is 0 Å². The molecular formula is C16H33NO. The molecule has 1 rings (SSSR count). The number of rotatable bonds is 8. The van der Waals surface area contributed by atoms with Gasteiger partial charge in [0.2, 0.25) is 0 Å². The Labute approximate surface area is 114 Å². The zero-order valence-electron chi connectivity index (χ0n) is 12.9. The lowest BCUT2D eigenvalue weighted by atomic mass is 9.94. The van der Waals surface area contributed by atoms with Crippen LogP contribution < -0.4 is 5.32 Å². The van der Waals surface area contributed by atoms with Crippen molar-refractivity contribution >= 4 is 0 Å². The molecule has 1 aliphatic rings. The zero-order valence-corrected chi connectivity index (χ0v) is 12.9. The lowest BCUT2D eigenvalue weighted by Crippen LogP contribution is -2.39. The van der Waals surface area contributed by atoms with E-state index in [9.17, 15) is 0 Å². The number of ether oxygens (including phenoxy) is 1. The predicted octanol–water partition coefficient (Wildman–Crippen LogP) is 4.14. The van der Waals surface area contributed by atoms with Crippen LogP contribution in [0.5, 0.6) is 0 Å². The molecule has 1 fully saturated rings. The van der Waals surface area contributed by atoms with Gasteiger partial charge in [0.05, 0.1) is 6.10 Å². The molecule has 0 aromatic heterocycles. The standard InChI is InChI=1S/C16H33NO/c1-5-8-14(13-17-16(2,3)4)9-6-10-15-11-7-12-18-15/h14-15,17H,5-13H2,1-4H3. The summed E-state index contributed by atoms with van der Waals surface area (Å²) in [5.41, 5.74) is 0.251. The summed E-state index contributed by atoms with van der Waals surface area (Å²) < 4.78 is 5.69. The highest BCUT2D eigenvalue weighted by Crippen LogP contribution is 2.21. The molecule has 108 valence electrons. The van der Waals surface area contributed by atoms with E-state index in [0.717, 1.165) is 12.5 Å². The molecule has 0 radical (unpaired) electrons. The van der Waals surface area contributed by atoms with Gasteiger partial charge in [-0.2, -0.15) is 0 Å². The predicted molar refractivity (Wildman–Crippen MR) is 79.0 cm³/mol. The van der Waals surface area contributed by atoms with Crippen molar-refractivity contribution < 1.29 is 4.74 Å². The average molecular weight is 255 g/mol. The van der Waals surface area contributed by atoms with Gasteiger partial charge in [-0.05, 0) is 65.3 Å². The summed E-state index contributed by atoms with van der Waals surface area (Å²) in [5.74, 6) is 0.843. The van der Waals surface area contributed by atoms with Gasteiger partial charge in [0, 0.05) is 12.1 Å². The second-order valence-electron chi connectivity index (χ2n) is 6.85. The Morgan fingerprint density at radius 3 is 2.61 bits per heavy atom. The molecule has 18 heavy (non-hydrogen) atoms. The van der Waals surface area contributed by atoms with Gasteiger partial charge >= 0.3 is 0 Å². The molecule has 2 atom stereocenters. The van der Waals surface area contributed by atoms with Crippen molar-refractivity contribution in [2.75, 3.05) is 13.2 Å². The third-order valence-electron chi connectivity index (χ3n) is 3.78. The monoisotopic (exact) mass is 255 g/mol. The molecule has 0 bridgehead atoms. The quantitative estimate of drug-likeness (QED) is 0.704. The Morgan fingerprint density at radius 1 is 1.28 bits per heavy atom. The van der Waals surface area contributed by atoms with E-state index in [1.165, 1.54) is 51.5 Å². The first kappa shape index (κ1) is 16.0. The first-order valence-corrected chi connectivity index (χ1v) is 7.88. The Balaban J connectivity index is 2.15. The molecule has 0 aromatic carbocycles. The van der Waals surface area contributed by atoms with E-state index < -0.39 is 0 Å². The molecule has 2 unspecified atom stereocenters. The summed E-state index contributed by atoms with van der Waals surface area (Å²) in [6.07, 6.45) is 9.76. The van der Waals surface area contributed by atoms with E-state index in [-0.39, 0.29) is 5.54 Å². The smallest absolute Gasteiger partial charge is 0.0576 e. The van der Waals surface area contributed by atoms with Crippen molar-refractivity contribution in [3.05, 3.63) is 0 Å². The first-order chi connectivity index (χ1) is 8.51. The summed E-state index contributed by atoms with van der Waals surface area (Å²) in [6, 6.07) is 0. The van der Waals surface area contributed by atoms with Crippen molar-refractivity contribution in [3.63, 3.8) is 0 Å². The molecule has 2 nitrogen and oxygen atoms in total. The second kappa shape index (κ2) is 8.16. The first-order valence-electron chi connectivity index (χ1n) is 7.88. The van der Waals surface area contributed by atoms with Gasteiger partial charge < -0.3 is 10.1 Å². The summed E-state index contributed by atoms with van der Waals surface area (Å²) in [7, 11) is 0. The summed E-state index contributed by atoms with van der Waals surface area (Å²) in [4.78, 5) is 0. The highest BCUT2D eigenvalue weighted by atomic mass is 16.5. The van der Waals surface area contributed by atoms with Crippen LogP contribution in [0.25, 0.3) is 0 Å². The number of hydrogen-bond acceptors (Lipinski definition) is 2. The zero-order chi connectivity index (χ0) is 13.4. The van der Waals surface area contributed by atoms with Crippen LogP contribution in [-0.2, 0) is 4.74 Å². The summed E-state index contributed by atoms with van der Waals surface area (Å²) in [6.45, 7) is 11.2. The molecule has 1 N–H and O–H groups in total. The van der Waals surface area contributed by atoms with Gasteiger partial charge in [-0.25, -0.2) is 0 Å². The lowest BCUT2D eigenvalue weighted by molar-refractivity contribution is 0.100. The molecule has 0 aliphatic carbocycles. The van der Waals surface area contributed by atoms with Crippen molar-refractivity contribution in [1.82, 2.24) is 5.32 Å². The minimum absolute atomic E-state index is 0.251. The summed E-state index contributed by atoms with van der Waals surface area (Å²) in [5, 5.41) is 3.65. The topological polar surface area (TPSA) is 21.3 Å². The largest absolute Gasteiger partial charge is 0.378 e. The maximum Gasteiger partial charge on any atom is 0.0576 e. The second-order valence-corrected chi connectivity index (χ2v) is 6.85. The highest BCUT2D eigenvalue weighted by molar-refractivity contribution is 4.74. The van der Waals surface area contributed by atoms with Crippen molar-refractivity contribution in [1.29, 1.82) is 0 Å². The van der Waals surface area contributed by atoms with E-state index in [2.05, 4.69) is 33.0 Å². The van der Waals surface area contributed by atoms with Gasteiger partial charge in [0.25, 0.3) is 0 Å². The third kappa shape index (κ3) is 7.38. The van der Waals surface area contributed by atoms with Crippen LogP contribution in [0.3, 0.4) is 0 Å². The maximum absolute atomic E-state index is 5.69. The van der Waals surface area contributed by atoms with Gasteiger partial charge in [-0.15, -0.1) is 0 Å². The van der Waals surface area contributed by atoms with Crippen LogP contribution in [0.4, 0.5) is 0 Å². The van der Waals surface area contributed by atoms with Crippen LogP contribution in [0.2, 0.25) is 0 Å². The minimum Gasteiger partial charge on any atom is -0.378 e. The Morgan fingerprint density at radius 2 is 2.06 bits per heavy atom. The van der Waals surface area contributed by atoms with Crippen LogP contribution >= 0.6 is 0 Å². The average Bonchev–Trinajstić information content (AvgIpc) is 2.78. The molecule has 1 heterocycles. The Bertz CT molecular complexity index is 204. The molecule has 0 saturated carbocycles. The van der Waals surface area contributed by atoms with Gasteiger partial charge in [0.1, 0.15) is 0 Å². The summed E-state index contributed by atoms with van der Waals surface area (Å²) >= 11 is 0. The van der Waals surface area contributed by atoms with E-state index in [0.29, 0.717) is 6.10 Å². The van der Waals surface area contributed by atoms with E-state index >= 15 is 0 Å². The SMILES string of the molecule is CCCC(CCCC1CCCO1)CNC(C)(C)C. The van der Waals surface area contributed by atoms with Crippen molar-refractivity contribution in [3.8, 4) is 0 Å². The number of nitrogens with one attached hydrogen (secondary N) is 1. The minimum atomic E-state index is 0.251. The molecule has 1 saturated heterocycles. The van der Waals surface area contributed by atoms with Gasteiger partial charge in [-0.3, -0.25) is 0 Å². The molecule has 1 aliphatic heterocycles. The highest BCUT2D eigenvalue weighted by Gasteiger charge is 2.17. The Hall–Kier alpha value is -0.0800. The fourth-order valence-corrected chi connectivity index (χ4v) is 2.71. The molecule has 2 heteroatoms. The normalized spacial score (nSPS) is 22.3.